The third-order valence-corrected chi connectivity index (χ3v) is 4.18. The van der Waals surface area contributed by atoms with Gasteiger partial charge in [-0.05, 0) is 47.7 Å². The predicted molar refractivity (Wildman–Crippen MR) is 89.6 cm³/mol. The molecular formula is C17H13NO4S. The number of para-hydroxylation sites is 1. The minimum absolute atomic E-state index is 0.0245. The van der Waals surface area contributed by atoms with Gasteiger partial charge in [0.2, 0.25) is 0 Å². The Morgan fingerprint density at radius 2 is 1.87 bits per heavy atom. The smallest absolute Gasteiger partial charge is 0.298 e. The van der Waals surface area contributed by atoms with Crippen LogP contribution < -0.4 is 9.64 Å². The van der Waals surface area contributed by atoms with Gasteiger partial charge in [0.1, 0.15) is 0 Å². The minimum atomic E-state index is -0.374. The molecule has 2 aromatic carbocycles. The van der Waals surface area contributed by atoms with Crippen LogP contribution in [-0.2, 0) is 4.79 Å². The number of ether oxygens (including phenoxy) is 1. The molecule has 0 unspecified atom stereocenters. The molecule has 0 radical (unpaired) electrons. The van der Waals surface area contributed by atoms with Crippen LogP contribution in [0.4, 0.5) is 10.5 Å². The van der Waals surface area contributed by atoms with Gasteiger partial charge in [0.15, 0.2) is 11.5 Å². The van der Waals surface area contributed by atoms with Crippen LogP contribution in [0.5, 0.6) is 11.5 Å². The van der Waals surface area contributed by atoms with E-state index in [1.165, 1.54) is 13.2 Å². The first-order chi connectivity index (χ1) is 11.1. The number of rotatable bonds is 3. The lowest BCUT2D eigenvalue weighted by Crippen LogP contribution is -2.27. The highest BCUT2D eigenvalue weighted by Gasteiger charge is 2.36. The van der Waals surface area contributed by atoms with Gasteiger partial charge < -0.3 is 9.84 Å². The Labute approximate surface area is 137 Å². The molecule has 6 heteroatoms. The van der Waals surface area contributed by atoms with Crippen molar-refractivity contribution >= 4 is 34.7 Å². The fourth-order valence-electron chi connectivity index (χ4n) is 2.22. The highest BCUT2D eigenvalue weighted by atomic mass is 32.2. The lowest BCUT2D eigenvalue weighted by molar-refractivity contribution is -0.113. The maximum atomic E-state index is 12.5. The molecule has 1 fully saturated rings. The third-order valence-electron chi connectivity index (χ3n) is 3.31. The van der Waals surface area contributed by atoms with Crippen molar-refractivity contribution < 1.29 is 19.4 Å². The number of phenolic OH excluding ortho intramolecular Hbond substituents is 1. The number of methoxy groups -OCH3 is 1. The lowest BCUT2D eigenvalue weighted by atomic mass is 10.2. The summed E-state index contributed by atoms with van der Waals surface area (Å²) in [4.78, 5) is 26.0. The van der Waals surface area contributed by atoms with Gasteiger partial charge in [-0.3, -0.25) is 9.59 Å². The molecule has 0 saturated carbocycles. The first-order valence-electron chi connectivity index (χ1n) is 6.80. The molecule has 0 aliphatic carbocycles. The molecule has 1 N–H and O–H groups in total. The van der Waals surface area contributed by atoms with Gasteiger partial charge in [0.05, 0.1) is 17.7 Å². The highest BCUT2D eigenvalue weighted by Crippen LogP contribution is 2.36. The number of phenols is 1. The van der Waals surface area contributed by atoms with Crippen molar-refractivity contribution in [3.05, 3.63) is 59.0 Å². The number of anilines is 1. The van der Waals surface area contributed by atoms with Crippen molar-refractivity contribution in [3.63, 3.8) is 0 Å². The number of hydrogen-bond acceptors (Lipinski definition) is 5. The molecule has 1 heterocycles. The number of nitrogens with zero attached hydrogens (tertiary/aromatic N) is 1. The Kier molecular flexibility index (Phi) is 4.08. The second kappa shape index (κ2) is 6.18. The fraction of sp³-hybridized carbons (Fsp3) is 0.0588. The van der Waals surface area contributed by atoms with E-state index >= 15 is 0 Å². The predicted octanol–water partition coefficient (Wildman–Crippen LogP) is 3.64. The normalized spacial score (nSPS) is 16.2. The Morgan fingerprint density at radius 3 is 2.52 bits per heavy atom. The Morgan fingerprint density at radius 1 is 1.13 bits per heavy atom. The number of thioether (sulfide) groups is 1. The molecule has 2 amide bonds. The number of benzene rings is 2. The molecule has 0 spiro atoms. The number of carbonyl (C=O) groups excluding carboxylic acids is 2. The molecule has 5 nitrogen and oxygen atoms in total. The number of aromatic hydroxyl groups is 1. The summed E-state index contributed by atoms with van der Waals surface area (Å²) < 4.78 is 4.98. The van der Waals surface area contributed by atoms with E-state index in [1.54, 1.807) is 42.5 Å². The minimum Gasteiger partial charge on any atom is -0.504 e. The monoisotopic (exact) mass is 327 g/mol. The van der Waals surface area contributed by atoms with Crippen LogP contribution in [0.25, 0.3) is 6.08 Å². The summed E-state index contributed by atoms with van der Waals surface area (Å²) in [7, 11) is 1.46. The zero-order valence-electron chi connectivity index (χ0n) is 12.2. The zero-order valence-corrected chi connectivity index (χ0v) is 13.0. The first-order valence-corrected chi connectivity index (χ1v) is 7.62. The lowest BCUT2D eigenvalue weighted by Gasteiger charge is -2.11. The Hall–Kier alpha value is -2.73. The van der Waals surface area contributed by atoms with Crippen molar-refractivity contribution in [2.75, 3.05) is 12.0 Å². The topological polar surface area (TPSA) is 66.8 Å². The van der Waals surface area contributed by atoms with Gasteiger partial charge in [-0.25, -0.2) is 4.90 Å². The SMILES string of the molecule is COc1ccc(C=C2SC(=O)N(c3ccccc3)C2=O)cc1O. The number of carbonyl (C=O) groups is 2. The summed E-state index contributed by atoms with van der Waals surface area (Å²) in [6, 6.07) is 13.6. The molecule has 1 saturated heterocycles. The van der Waals surface area contributed by atoms with Crippen LogP contribution in [-0.4, -0.2) is 23.4 Å². The molecule has 1 aliphatic rings. The Balaban J connectivity index is 1.91. The molecular weight excluding hydrogens is 314 g/mol. The molecule has 23 heavy (non-hydrogen) atoms. The molecule has 3 rings (SSSR count). The van der Waals surface area contributed by atoms with Gasteiger partial charge in [-0.1, -0.05) is 24.3 Å². The van der Waals surface area contributed by atoms with Crippen LogP contribution in [0.15, 0.2) is 53.4 Å². The summed E-state index contributed by atoms with van der Waals surface area (Å²) in [5, 5.41) is 9.45. The van der Waals surface area contributed by atoms with Crippen LogP contribution in [0.2, 0.25) is 0 Å². The number of amides is 2. The zero-order chi connectivity index (χ0) is 16.4. The summed E-state index contributed by atoms with van der Waals surface area (Å²) in [5.41, 5.74) is 1.15. The standard InChI is InChI=1S/C17H13NO4S/c1-22-14-8-7-11(9-13(14)19)10-15-16(20)18(17(21)23-15)12-5-3-2-4-6-12/h2-10,19H,1H3. The highest BCUT2D eigenvalue weighted by molar-refractivity contribution is 8.19. The van der Waals surface area contributed by atoms with Crippen molar-refractivity contribution in [1.29, 1.82) is 0 Å². The van der Waals surface area contributed by atoms with Crippen molar-refractivity contribution in [2.24, 2.45) is 0 Å². The number of hydrogen-bond donors (Lipinski definition) is 1. The van der Waals surface area contributed by atoms with Gasteiger partial charge in [-0.15, -0.1) is 0 Å². The van der Waals surface area contributed by atoms with Crippen LogP contribution in [0.3, 0.4) is 0 Å². The van der Waals surface area contributed by atoms with Crippen LogP contribution in [0.1, 0.15) is 5.56 Å². The molecule has 0 bridgehead atoms. The van der Waals surface area contributed by atoms with E-state index in [0.29, 0.717) is 21.9 Å². The van der Waals surface area contributed by atoms with E-state index < -0.39 is 0 Å². The van der Waals surface area contributed by atoms with Gasteiger partial charge in [-0.2, -0.15) is 0 Å². The van der Waals surface area contributed by atoms with Crippen molar-refractivity contribution in [2.45, 2.75) is 0 Å². The van der Waals surface area contributed by atoms with E-state index in [4.69, 9.17) is 4.74 Å². The fourth-order valence-corrected chi connectivity index (χ4v) is 3.06. The van der Waals surface area contributed by atoms with Gasteiger partial charge >= 0.3 is 0 Å². The summed E-state index contributed by atoms with van der Waals surface area (Å²) in [6.07, 6.45) is 1.58. The molecule has 0 aromatic heterocycles. The maximum absolute atomic E-state index is 12.5. The van der Waals surface area contributed by atoms with E-state index in [-0.39, 0.29) is 16.9 Å². The molecule has 0 atom stereocenters. The summed E-state index contributed by atoms with van der Waals surface area (Å²) >= 11 is 0.873. The van der Waals surface area contributed by atoms with Gasteiger partial charge in [0.25, 0.3) is 11.1 Å². The van der Waals surface area contributed by atoms with E-state index in [1.807, 2.05) is 6.07 Å². The molecule has 2 aromatic rings. The Bertz CT molecular complexity index is 801. The average molecular weight is 327 g/mol. The van der Waals surface area contributed by atoms with Crippen LogP contribution in [0, 0.1) is 0 Å². The quantitative estimate of drug-likeness (QED) is 0.872. The van der Waals surface area contributed by atoms with E-state index in [0.717, 1.165) is 16.7 Å². The van der Waals surface area contributed by atoms with Gasteiger partial charge in [0, 0.05) is 0 Å². The van der Waals surface area contributed by atoms with Crippen LogP contribution >= 0.6 is 11.8 Å². The van der Waals surface area contributed by atoms with Crippen molar-refractivity contribution in [1.82, 2.24) is 0 Å². The summed E-state index contributed by atoms with van der Waals surface area (Å²) in [5.74, 6) is -0.0513. The second-order valence-corrected chi connectivity index (χ2v) is 5.78. The average Bonchev–Trinajstić information content (AvgIpc) is 2.82. The van der Waals surface area contributed by atoms with E-state index in [9.17, 15) is 14.7 Å². The van der Waals surface area contributed by atoms with E-state index in [2.05, 4.69) is 0 Å². The summed E-state index contributed by atoms with van der Waals surface area (Å²) in [6.45, 7) is 0. The third kappa shape index (κ3) is 2.93. The molecule has 116 valence electrons. The maximum Gasteiger partial charge on any atom is 0.298 e. The number of imide groups is 1. The van der Waals surface area contributed by atoms with Crippen molar-refractivity contribution in [3.8, 4) is 11.5 Å². The first kappa shape index (κ1) is 15.2. The largest absolute Gasteiger partial charge is 0.504 e. The second-order valence-electron chi connectivity index (χ2n) is 4.78. The molecule has 1 aliphatic heterocycles.